The minimum Gasteiger partial charge on any atom is -0.372 e. The Kier molecular flexibility index (Phi) is 3.53. The summed E-state index contributed by atoms with van der Waals surface area (Å²) in [5.74, 6) is 0.810. The number of hydrogen-bond donors (Lipinski definition) is 0. The number of aryl methyl sites for hydroxylation is 1. The smallest absolute Gasteiger partial charge is 0.225 e. The summed E-state index contributed by atoms with van der Waals surface area (Å²) in [7, 11) is 0. The van der Waals surface area contributed by atoms with Gasteiger partial charge in [0.05, 0.1) is 31.1 Å². The maximum absolute atomic E-state index is 13.0. The highest BCUT2D eigenvalue weighted by atomic mass is 19.1. The van der Waals surface area contributed by atoms with E-state index >= 15 is 0 Å². The van der Waals surface area contributed by atoms with Gasteiger partial charge in [0, 0.05) is 32.0 Å². The summed E-state index contributed by atoms with van der Waals surface area (Å²) in [6.07, 6.45) is 6.06. The van der Waals surface area contributed by atoms with Gasteiger partial charge < -0.3 is 14.5 Å². The van der Waals surface area contributed by atoms with E-state index in [4.69, 9.17) is 4.74 Å². The maximum Gasteiger partial charge on any atom is 0.225 e. The lowest BCUT2D eigenvalue weighted by Crippen LogP contribution is -2.51. The van der Waals surface area contributed by atoms with Crippen LogP contribution in [0.15, 0.2) is 24.8 Å². The van der Waals surface area contributed by atoms with Crippen molar-refractivity contribution in [3.8, 4) is 0 Å². The van der Waals surface area contributed by atoms with Crippen molar-refractivity contribution in [1.82, 2.24) is 19.9 Å². The molecule has 2 saturated heterocycles. The van der Waals surface area contributed by atoms with Crippen molar-refractivity contribution in [1.29, 1.82) is 0 Å². The third-order valence-corrected chi connectivity index (χ3v) is 4.22. The highest BCUT2D eigenvalue weighted by Gasteiger charge is 2.42. The van der Waals surface area contributed by atoms with E-state index in [1.165, 1.54) is 12.4 Å². The van der Waals surface area contributed by atoms with Crippen LogP contribution in [0.2, 0.25) is 0 Å². The second-order valence-electron chi connectivity index (χ2n) is 5.84. The highest BCUT2D eigenvalue weighted by Crippen LogP contribution is 2.27. The van der Waals surface area contributed by atoms with Crippen molar-refractivity contribution in [2.24, 2.45) is 0 Å². The van der Waals surface area contributed by atoms with Gasteiger partial charge in [-0.2, -0.15) is 0 Å². The number of anilines is 2. The Morgan fingerprint density at radius 1 is 1.04 bits per heavy atom. The minimum absolute atomic E-state index is 0.0438. The second-order valence-corrected chi connectivity index (χ2v) is 5.84. The lowest BCUT2D eigenvalue weighted by atomic mass is 10.1. The average Bonchev–Trinajstić information content (AvgIpc) is 3.00. The molecule has 0 unspecified atom stereocenters. The van der Waals surface area contributed by atoms with Crippen molar-refractivity contribution >= 4 is 11.9 Å². The molecule has 23 heavy (non-hydrogen) atoms. The Bertz CT molecular complexity index is 679. The SMILES string of the molecule is Cc1cnc(N2C[C@@H]3OCCN(c4ncc(F)cn4)[C@@H]3C2)nc1. The molecule has 0 bridgehead atoms. The fourth-order valence-corrected chi connectivity index (χ4v) is 3.10. The summed E-state index contributed by atoms with van der Waals surface area (Å²) in [6.45, 7) is 4.71. The first-order valence-electron chi connectivity index (χ1n) is 7.60. The van der Waals surface area contributed by atoms with Crippen LogP contribution in [-0.4, -0.2) is 58.3 Å². The predicted molar refractivity (Wildman–Crippen MR) is 81.8 cm³/mol. The van der Waals surface area contributed by atoms with E-state index < -0.39 is 5.82 Å². The first-order valence-corrected chi connectivity index (χ1v) is 7.60. The van der Waals surface area contributed by atoms with Crippen LogP contribution in [0, 0.1) is 12.7 Å². The summed E-state index contributed by atoms with van der Waals surface area (Å²) >= 11 is 0. The number of hydrogen-bond acceptors (Lipinski definition) is 7. The molecule has 2 aliphatic heterocycles. The maximum atomic E-state index is 13.0. The zero-order valence-corrected chi connectivity index (χ0v) is 12.8. The molecular weight excluding hydrogens is 299 g/mol. The zero-order valence-electron chi connectivity index (χ0n) is 12.8. The third kappa shape index (κ3) is 2.70. The van der Waals surface area contributed by atoms with Gasteiger partial charge in [0.25, 0.3) is 0 Å². The summed E-state index contributed by atoms with van der Waals surface area (Å²) in [4.78, 5) is 21.2. The van der Waals surface area contributed by atoms with Crippen LogP contribution in [0.25, 0.3) is 0 Å². The molecule has 0 radical (unpaired) electrons. The number of halogens is 1. The molecule has 8 heteroatoms. The Morgan fingerprint density at radius 2 is 1.74 bits per heavy atom. The summed E-state index contributed by atoms with van der Waals surface area (Å²) < 4.78 is 18.9. The van der Waals surface area contributed by atoms with Gasteiger partial charge in [-0.05, 0) is 12.5 Å². The topological polar surface area (TPSA) is 67.3 Å². The number of nitrogens with zero attached hydrogens (tertiary/aromatic N) is 6. The van der Waals surface area contributed by atoms with E-state index in [0.29, 0.717) is 25.0 Å². The first-order chi connectivity index (χ1) is 11.2. The number of morpholine rings is 1. The third-order valence-electron chi connectivity index (χ3n) is 4.22. The molecule has 0 saturated carbocycles. The van der Waals surface area contributed by atoms with Gasteiger partial charge in [-0.15, -0.1) is 0 Å². The lowest BCUT2D eigenvalue weighted by Gasteiger charge is -2.36. The molecule has 0 N–H and O–H groups in total. The normalized spacial score (nSPS) is 23.9. The molecule has 2 aromatic rings. The molecule has 0 spiro atoms. The molecule has 4 rings (SSSR count). The van der Waals surface area contributed by atoms with E-state index in [1.54, 1.807) is 0 Å². The highest BCUT2D eigenvalue weighted by molar-refractivity contribution is 5.40. The fourth-order valence-electron chi connectivity index (χ4n) is 3.10. The number of ether oxygens (including phenoxy) is 1. The van der Waals surface area contributed by atoms with Gasteiger partial charge in [-0.3, -0.25) is 0 Å². The monoisotopic (exact) mass is 316 g/mol. The molecule has 120 valence electrons. The number of fused-ring (bicyclic) bond motifs is 1. The van der Waals surface area contributed by atoms with Crippen molar-refractivity contribution < 1.29 is 9.13 Å². The Balaban J connectivity index is 1.56. The molecule has 7 nitrogen and oxygen atoms in total. The molecule has 2 fully saturated rings. The van der Waals surface area contributed by atoms with Crippen LogP contribution in [0.1, 0.15) is 5.56 Å². The largest absolute Gasteiger partial charge is 0.372 e. The van der Waals surface area contributed by atoms with Gasteiger partial charge in [-0.1, -0.05) is 0 Å². The summed E-state index contributed by atoms with van der Waals surface area (Å²) in [5.41, 5.74) is 1.03. The lowest BCUT2D eigenvalue weighted by molar-refractivity contribution is 0.0349. The van der Waals surface area contributed by atoms with Crippen LogP contribution in [0.4, 0.5) is 16.3 Å². The fraction of sp³-hybridized carbons (Fsp3) is 0.467. The Hall–Kier alpha value is -2.35. The molecular formula is C15H17FN6O. The van der Waals surface area contributed by atoms with Crippen molar-refractivity contribution in [2.45, 2.75) is 19.1 Å². The van der Waals surface area contributed by atoms with Gasteiger partial charge in [0.2, 0.25) is 11.9 Å². The van der Waals surface area contributed by atoms with Crippen molar-refractivity contribution in [3.63, 3.8) is 0 Å². The summed E-state index contributed by atoms with van der Waals surface area (Å²) in [5, 5.41) is 0. The van der Waals surface area contributed by atoms with Gasteiger partial charge in [0.1, 0.15) is 0 Å². The van der Waals surface area contributed by atoms with Crippen LogP contribution in [-0.2, 0) is 4.74 Å². The van der Waals surface area contributed by atoms with E-state index in [1.807, 2.05) is 19.3 Å². The van der Waals surface area contributed by atoms with E-state index in [2.05, 4.69) is 29.7 Å². The van der Waals surface area contributed by atoms with E-state index in [-0.39, 0.29) is 12.1 Å². The number of rotatable bonds is 2. The first kappa shape index (κ1) is 14.3. The summed E-state index contributed by atoms with van der Waals surface area (Å²) in [6, 6.07) is 0.110. The van der Waals surface area contributed by atoms with Crippen LogP contribution in [0.3, 0.4) is 0 Å². The van der Waals surface area contributed by atoms with Gasteiger partial charge >= 0.3 is 0 Å². The molecule has 0 aromatic carbocycles. The quantitative estimate of drug-likeness (QED) is 0.812. The zero-order chi connectivity index (χ0) is 15.8. The van der Waals surface area contributed by atoms with Gasteiger partial charge in [-0.25, -0.2) is 24.3 Å². The Labute approximate surface area is 133 Å². The van der Waals surface area contributed by atoms with Crippen LogP contribution < -0.4 is 9.80 Å². The molecule has 4 heterocycles. The molecule has 0 amide bonds. The molecule has 2 aromatic heterocycles. The van der Waals surface area contributed by atoms with E-state index in [9.17, 15) is 4.39 Å². The molecule has 2 aliphatic rings. The van der Waals surface area contributed by atoms with Crippen LogP contribution >= 0.6 is 0 Å². The van der Waals surface area contributed by atoms with Crippen LogP contribution in [0.5, 0.6) is 0 Å². The average molecular weight is 316 g/mol. The van der Waals surface area contributed by atoms with Gasteiger partial charge in [0.15, 0.2) is 5.82 Å². The molecule has 0 aliphatic carbocycles. The van der Waals surface area contributed by atoms with E-state index in [0.717, 1.165) is 18.7 Å². The Morgan fingerprint density at radius 3 is 2.48 bits per heavy atom. The second kappa shape index (κ2) is 5.69. The standard InChI is InChI=1S/C15H17FN6O/c1-10-4-17-14(18-5-10)21-8-12-13(9-21)23-3-2-22(12)15-19-6-11(16)7-20-15/h4-7,12-13H,2-3,8-9H2,1H3/t12-,13+/m1/s1. The predicted octanol–water partition coefficient (Wildman–Crippen LogP) is 0.808. The van der Waals surface area contributed by atoms with Crippen molar-refractivity contribution in [2.75, 3.05) is 36.0 Å². The minimum atomic E-state index is -0.431. The number of aromatic nitrogens is 4. The van der Waals surface area contributed by atoms with Crippen molar-refractivity contribution in [3.05, 3.63) is 36.2 Å². The molecule has 2 atom stereocenters.